The number of imidazole rings is 1. The summed E-state index contributed by atoms with van der Waals surface area (Å²) in [6, 6.07) is 10.9. The van der Waals surface area contributed by atoms with Crippen molar-refractivity contribution in [1.29, 1.82) is 0 Å². The molecular formula is C14H10ClN3O. The number of nitrogens with zero attached hydrogens (tertiary/aromatic N) is 3. The summed E-state index contributed by atoms with van der Waals surface area (Å²) in [5, 5.41) is 4.90. The van der Waals surface area contributed by atoms with Gasteiger partial charge in [-0.15, -0.1) is 0 Å². The molecule has 5 heteroatoms. The fourth-order valence-electron chi connectivity index (χ4n) is 2.00. The molecule has 0 unspecified atom stereocenters. The second-order valence-corrected chi connectivity index (χ2v) is 4.60. The van der Waals surface area contributed by atoms with Crippen LogP contribution in [-0.2, 0) is 0 Å². The molecule has 0 saturated carbocycles. The highest BCUT2D eigenvalue weighted by Crippen LogP contribution is 2.26. The summed E-state index contributed by atoms with van der Waals surface area (Å²) in [5.74, 6) is -0.0875. The molecule has 1 aromatic carbocycles. The highest BCUT2D eigenvalue weighted by atomic mass is 35.5. The number of ketones is 1. The Morgan fingerprint density at radius 2 is 1.95 bits per heavy atom. The van der Waals surface area contributed by atoms with Gasteiger partial charge < -0.3 is 0 Å². The van der Waals surface area contributed by atoms with Crippen LogP contribution in [0.5, 0.6) is 0 Å². The summed E-state index contributed by atoms with van der Waals surface area (Å²) in [7, 11) is 0. The van der Waals surface area contributed by atoms with E-state index in [9.17, 15) is 4.79 Å². The molecule has 0 fully saturated rings. The number of hydrogen-bond donors (Lipinski definition) is 0. The largest absolute Gasteiger partial charge is 0.293 e. The van der Waals surface area contributed by atoms with Gasteiger partial charge in [0.15, 0.2) is 11.4 Å². The summed E-state index contributed by atoms with van der Waals surface area (Å²) >= 11 is 5.89. The minimum absolute atomic E-state index is 0.0875. The number of benzene rings is 1. The summed E-state index contributed by atoms with van der Waals surface area (Å²) in [5.41, 5.74) is 2.62. The van der Waals surface area contributed by atoms with Crippen LogP contribution in [0.15, 0.2) is 42.6 Å². The lowest BCUT2D eigenvalue weighted by molar-refractivity contribution is 0.101. The van der Waals surface area contributed by atoms with Crippen LogP contribution in [0, 0.1) is 0 Å². The topological polar surface area (TPSA) is 47.3 Å². The first-order valence-electron chi connectivity index (χ1n) is 5.77. The van der Waals surface area contributed by atoms with Crippen LogP contribution in [0.1, 0.15) is 17.4 Å². The number of fused-ring (bicyclic) bond motifs is 1. The van der Waals surface area contributed by atoms with Gasteiger partial charge in [-0.2, -0.15) is 5.10 Å². The Labute approximate surface area is 114 Å². The van der Waals surface area contributed by atoms with Crippen molar-refractivity contribution in [2.45, 2.75) is 6.92 Å². The Hall–Kier alpha value is -2.20. The molecule has 94 valence electrons. The first-order valence-corrected chi connectivity index (χ1v) is 6.15. The van der Waals surface area contributed by atoms with Gasteiger partial charge in [-0.05, 0) is 24.3 Å². The lowest BCUT2D eigenvalue weighted by Crippen LogP contribution is -1.98. The molecule has 0 radical (unpaired) electrons. The van der Waals surface area contributed by atoms with Crippen molar-refractivity contribution in [3.8, 4) is 11.3 Å². The number of carbonyl (C=O) groups is 1. The number of Topliss-reactive ketones (excluding diaryl/α,β-unsaturated/α-hetero) is 1. The summed E-state index contributed by atoms with van der Waals surface area (Å²) in [6.07, 6.45) is 1.66. The molecule has 0 aliphatic carbocycles. The van der Waals surface area contributed by atoms with Gasteiger partial charge in [0.05, 0.1) is 0 Å². The molecule has 0 atom stereocenters. The molecule has 0 bridgehead atoms. The number of halogens is 1. The first kappa shape index (κ1) is 11.9. The van der Waals surface area contributed by atoms with Crippen molar-refractivity contribution < 1.29 is 4.79 Å². The van der Waals surface area contributed by atoms with Crippen LogP contribution < -0.4 is 0 Å². The van der Waals surface area contributed by atoms with Crippen molar-refractivity contribution >= 4 is 23.0 Å². The van der Waals surface area contributed by atoms with Crippen LogP contribution in [-0.4, -0.2) is 20.4 Å². The van der Waals surface area contributed by atoms with Crippen LogP contribution in [0.2, 0.25) is 5.02 Å². The Morgan fingerprint density at radius 3 is 2.63 bits per heavy atom. The van der Waals surface area contributed by atoms with E-state index in [-0.39, 0.29) is 5.78 Å². The molecular weight excluding hydrogens is 262 g/mol. The van der Waals surface area contributed by atoms with E-state index in [4.69, 9.17) is 11.6 Å². The zero-order chi connectivity index (χ0) is 13.4. The predicted octanol–water partition coefficient (Wildman–Crippen LogP) is 3.25. The minimum atomic E-state index is -0.0875. The SMILES string of the molecule is CC(=O)c1nc2cccnn2c1-c1ccc(Cl)cc1. The highest BCUT2D eigenvalue weighted by Gasteiger charge is 2.17. The van der Waals surface area contributed by atoms with E-state index in [1.54, 1.807) is 28.9 Å². The van der Waals surface area contributed by atoms with Crippen LogP contribution in [0.25, 0.3) is 16.9 Å². The first-order chi connectivity index (χ1) is 9.16. The number of hydrogen-bond acceptors (Lipinski definition) is 3. The fraction of sp³-hybridized carbons (Fsp3) is 0.0714. The van der Waals surface area contributed by atoms with Gasteiger partial charge in [-0.1, -0.05) is 23.7 Å². The maximum atomic E-state index is 11.7. The van der Waals surface area contributed by atoms with E-state index in [1.165, 1.54) is 6.92 Å². The summed E-state index contributed by atoms with van der Waals surface area (Å²) in [4.78, 5) is 16.1. The van der Waals surface area contributed by atoms with Gasteiger partial charge in [-0.3, -0.25) is 4.79 Å². The fourth-order valence-corrected chi connectivity index (χ4v) is 2.13. The minimum Gasteiger partial charge on any atom is -0.293 e. The third-order valence-corrected chi connectivity index (χ3v) is 3.10. The zero-order valence-corrected chi connectivity index (χ0v) is 10.9. The van der Waals surface area contributed by atoms with E-state index in [2.05, 4.69) is 10.1 Å². The zero-order valence-electron chi connectivity index (χ0n) is 10.2. The van der Waals surface area contributed by atoms with Gasteiger partial charge in [-0.25, -0.2) is 9.50 Å². The second-order valence-electron chi connectivity index (χ2n) is 4.17. The summed E-state index contributed by atoms with van der Waals surface area (Å²) in [6.45, 7) is 1.50. The van der Waals surface area contributed by atoms with Crippen molar-refractivity contribution in [3.05, 3.63) is 53.3 Å². The third kappa shape index (κ3) is 2.00. The number of rotatable bonds is 2. The van der Waals surface area contributed by atoms with Gasteiger partial charge >= 0.3 is 0 Å². The third-order valence-electron chi connectivity index (χ3n) is 2.84. The van der Waals surface area contributed by atoms with Gasteiger partial charge in [0.1, 0.15) is 11.4 Å². The molecule has 0 saturated heterocycles. The predicted molar refractivity (Wildman–Crippen MR) is 73.4 cm³/mol. The molecule has 3 aromatic rings. The molecule has 3 rings (SSSR count). The number of carbonyl (C=O) groups excluding carboxylic acids is 1. The second kappa shape index (κ2) is 4.48. The lowest BCUT2D eigenvalue weighted by atomic mass is 10.1. The molecule has 0 amide bonds. The molecule has 0 aliphatic heterocycles. The van der Waals surface area contributed by atoms with Crippen LogP contribution in [0.4, 0.5) is 0 Å². The monoisotopic (exact) mass is 271 g/mol. The summed E-state index contributed by atoms with van der Waals surface area (Å²) < 4.78 is 1.67. The average molecular weight is 272 g/mol. The van der Waals surface area contributed by atoms with E-state index in [0.717, 1.165) is 5.56 Å². The van der Waals surface area contributed by atoms with E-state index < -0.39 is 0 Å². The Kier molecular flexibility index (Phi) is 2.80. The molecule has 2 aromatic heterocycles. The van der Waals surface area contributed by atoms with E-state index in [0.29, 0.717) is 22.1 Å². The standard InChI is InChI=1S/C14H10ClN3O/c1-9(19)13-14(10-4-6-11(15)7-5-10)18-12(17-13)3-2-8-16-18/h2-8H,1H3. The highest BCUT2D eigenvalue weighted by molar-refractivity contribution is 6.30. The van der Waals surface area contributed by atoms with Crippen molar-refractivity contribution in [1.82, 2.24) is 14.6 Å². The van der Waals surface area contributed by atoms with E-state index in [1.807, 2.05) is 18.2 Å². The Morgan fingerprint density at radius 1 is 1.21 bits per heavy atom. The van der Waals surface area contributed by atoms with Crippen LogP contribution in [0.3, 0.4) is 0 Å². The van der Waals surface area contributed by atoms with Gasteiger partial charge in [0.2, 0.25) is 0 Å². The van der Waals surface area contributed by atoms with Crippen LogP contribution >= 0.6 is 11.6 Å². The van der Waals surface area contributed by atoms with Crippen molar-refractivity contribution in [2.24, 2.45) is 0 Å². The molecule has 2 heterocycles. The number of aromatic nitrogens is 3. The maximum Gasteiger partial charge on any atom is 0.180 e. The Bertz CT molecular complexity index is 762. The van der Waals surface area contributed by atoms with E-state index >= 15 is 0 Å². The smallest absolute Gasteiger partial charge is 0.180 e. The molecule has 0 spiro atoms. The normalized spacial score (nSPS) is 10.8. The Balaban J connectivity index is 2.34. The van der Waals surface area contributed by atoms with Crippen molar-refractivity contribution in [2.75, 3.05) is 0 Å². The molecule has 4 nitrogen and oxygen atoms in total. The maximum absolute atomic E-state index is 11.7. The lowest BCUT2D eigenvalue weighted by Gasteiger charge is -2.02. The van der Waals surface area contributed by atoms with Crippen molar-refractivity contribution in [3.63, 3.8) is 0 Å². The molecule has 0 N–H and O–H groups in total. The van der Waals surface area contributed by atoms with Gasteiger partial charge in [0, 0.05) is 23.7 Å². The van der Waals surface area contributed by atoms with Gasteiger partial charge in [0.25, 0.3) is 0 Å². The quantitative estimate of drug-likeness (QED) is 0.672. The molecule has 19 heavy (non-hydrogen) atoms. The molecule has 0 aliphatic rings. The average Bonchev–Trinajstić information content (AvgIpc) is 2.79.